The molecular weight excluding hydrogens is 294 g/mol. The van der Waals surface area contributed by atoms with Gasteiger partial charge in [0.1, 0.15) is 0 Å². The van der Waals surface area contributed by atoms with Crippen molar-refractivity contribution < 1.29 is 4.79 Å². The topological polar surface area (TPSA) is 43.1 Å². The highest BCUT2D eigenvalue weighted by Gasteiger charge is 1.87. The zero-order valence-corrected chi connectivity index (χ0v) is 15.1. The molecule has 0 aliphatic heterocycles. The van der Waals surface area contributed by atoms with Crippen molar-refractivity contribution in [2.24, 2.45) is 5.73 Å². The molecule has 2 N–H and O–H groups in total. The maximum Gasteiger partial charge on any atom is 0.217 e. The summed E-state index contributed by atoms with van der Waals surface area (Å²) in [6.45, 7) is 2.15. The molecule has 0 aliphatic rings. The largest absolute Gasteiger partial charge is 0.370 e. The Morgan fingerprint density at radius 3 is 1.29 bits per heavy atom. The summed E-state index contributed by atoms with van der Waals surface area (Å²) in [5, 5.41) is 0. The first-order chi connectivity index (χ1) is 11.8. The second-order valence-electron chi connectivity index (χ2n) is 5.42. The monoisotopic (exact) mass is 327 g/mol. The van der Waals surface area contributed by atoms with Gasteiger partial charge in [-0.25, -0.2) is 0 Å². The second-order valence-corrected chi connectivity index (χ2v) is 5.42. The molecule has 0 radical (unpaired) electrons. The fourth-order valence-corrected chi connectivity index (χ4v) is 1.87. The molecule has 0 spiro atoms. The Balaban J connectivity index is 3.51. The van der Waals surface area contributed by atoms with E-state index in [0.717, 1.165) is 44.9 Å². The fourth-order valence-electron chi connectivity index (χ4n) is 1.87. The Morgan fingerprint density at radius 1 is 0.625 bits per heavy atom. The molecular formula is C22H33NO. The van der Waals surface area contributed by atoms with E-state index in [0.29, 0.717) is 6.42 Å². The van der Waals surface area contributed by atoms with Crippen molar-refractivity contribution in [1.29, 1.82) is 0 Å². The number of carbonyl (C=O) groups is 1. The van der Waals surface area contributed by atoms with Crippen LogP contribution in [0.25, 0.3) is 0 Å². The first-order valence-electron chi connectivity index (χ1n) is 8.95. The minimum atomic E-state index is -0.241. The summed E-state index contributed by atoms with van der Waals surface area (Å²) in [6, 6.07) is 0. The molecule has 0 aromatic rings. The molecule has 0 bridgehead atoms. The lowest BCUT2D eigenvalue weighted by molar-refractivity contribution is -0.117. The summed E-state index contributed by atoms with van der Waals surface area (Å²) < 4.78 is 0. The molecule has 0 aromatic heterocycles. The lowest BCUT2D eigenvalue weighted by atomic mass is 10.2. The molecule has 1 amide bonds. The van der Waals surface area contributed by atoms with Crippen molar-refractivity contribution in [3.63, 3.8) is 0 Å². The van der Waals surface area contributed by atoms with E-state index in [1.165, 1.54) is 0 Å². The van der Waals surface area contributed by atoms with E-state index in [1.807, 2.05) is 6.08 Å². The minimum absolute atomic E-state index is 0.241. The summed E-state index contributed by atoms with van der Waals surface area (Å²) in [6.07, 6.45) is 33.2. The van der Waals surface area contributed by atoms with Gasteiger partial charge in [0.2, 0.25) is 5.91 Å². The molecule has 0 heterocycles. The van der Waals surface area contributed by atoms with Crippen molar-refractivity contribution in [2.45, 2.75) is 58.3 Å². The highest BCUT2D eigenvalue weighted by atomic mass is 16.1. The zero-order chi connectivity index (χ0) is 17.7. The molecule has 2 heteroatoms. The molecule has 2 nitrogen and oxygen atoms in total. The quantitative estimate of drug-likeness (QED) is 0.394. The van der Waals surface area contributed by atoms with Crippen LogP contribution in [-0.4, -0.2) is 5.91 Å². The highest BCUT2D eigenvalue weighted by molar-refractivity contribution is 5.73. The number of allylic oxidation sites excluding steroid dienone is 12. The van der Waals surface area contributed by atoms with Crippen LogP contribution in [0, 0.1) is 0 Å². The molecule has 0 fully saturated rings. The van der Waals surface area contributed by atoms with Crippen LogP contribution in [0.1, 0.15) is 58.3 Å². The summed E-state index contributed by atoms with van der Waals surface area (Å²) in [7, 11) is 0. The molecule has 0 rings (SSSR count). The van der Waals surface area contributed by atoms with E-state index in [-0.39, 0.29) is 5.91 Å². The maximum atomic E-state index is 10.5. The van der Waals surface area contributed by atoms with Gasteiger partial charge in [0.25, 0.3) is 0 Å². The Hall–Kier alpha value is -2.09. The van der Waals surface area contributed by atoms with Crippen LogP contribution in [0.5, 0.6) is 0 Å². The Labute approximate surface area is 148 Å². The van der Waals surface area contributed by atoms with Gasteiger partial charge in [-0.2, -0.15) is 0 Å². The van der Waals surface area contributed by atoms with Gasteiger partial charge in [-0.15, -0.1) is 0 Å². The minimum Gasteiger partial charge on any atom is -0.370 e. The van der Waals surface area contributed by atoms with Crippen molar-refractivity contribution >= 4 is 5.91 Å². The number of carbonyl (C=O) groups excluding carboxylic acids is 1. The van der Waals surface area contributed by atoms with Gasteiger partial charge in [0.15, 0.2) is 0 Å². The van der Waals surface area contributed by atoms with Crippen molar-refractivity contribution in [1.82, 2.24) is 0 Å². The predicted octanol–water partition coefficient (Wildman–Crippen LogP) is 5.95. The van der Waals surface area contributed by atoms with Crippen molar-refractivity contribution in [2.75, 3.05) is 0 Å². The van der Waals surface area contributed by atoms with Crippen LogP contribution in [0.15, 0.2) is 72.9 Å². The third kappa shape index (κ3) is 19.9. The summed E-state index contributed by atoms with van der Waals surface area (Å²) in [5.41, 5.74) is 5.06. The van der Waals surface area contributed by atoms with Crippen molar-refractivity contribution in [3.8, 4) is 0 Å². The predicted molar refractivity (Wildman–Crippen MR) is 107 cm³/mol. The Kier molecular flexibility index (Phi) is 17.3. The molecule has 0 saturated heterocycles. The molecule has 0 aliphatic carbocycles. The van der Waals surface area contributed by atoms with E-state index in [2.05, 4.69) is 73.8 Å². The zero-order valence-electron chi connectivity index (χ0n) is 15.1. The molecule has 0 atom stereocenters. The lowest BCUT2D eigenvalue weighted by Gasteiger charge is -1.88. The van der Waals surface area contributed by atoms with Crippen LogP contribution in [0.4, 0.5) is 0 Å². The van der Waals surface area contributed by atoms with E-state index < -0.39 is 0 Å². The standard InChI is InChI=1S/C22H33NO/c1-2-3-4-5-6-7-8-9-10-11-12-13-14-15-16-17-18-19-20-21-22(23)24/h3-4,6-7,9-10,12-13,15-16,18-19H,2,5,8,11,14,17,20-21H2,1H3,(H2,23,24)/b4-3-,7-6-,10-9-,13-12-,16-15-,19-18-. The van der Waals surface area contributed by atoms with Gasteiger partial charge in [-0.1, -0.05) is 79.8 Å². The van der Waals surface area contributed by atoms with E-state index in [1.54, 1.807) is 0 Å². The number of primary amides is 1. The van der Waals surface area contributed by atoms with Gasteiger partial charge >= 0.3 is 0 Å². The van der Waals surface area contributed by atoms with Gasteiger partial charge in [0, 0.05) is 6.42 Å². The van der Waals surface area contributed by atoms with Crippen LogP contribution < -0.4 is 5.73 Å². The number of hydrogen-bond acceptors (Lipinski definition) is 1. The summed E-state index contributed by atoms with van der Waals surface area (Å²) in [4.78, 5) is 10.5. The highest BCUT2D eigenvalue weighted by Crippen LogP contribution is 1.97. The molecule has 132 valence electrons. The molecule has 0 unspecified atom stereocenters. The second kappa shape index (κ2) is 19.0. The fraction of sp³-hybridized carbons (Fsp3) is 0.409. The summed E-state index contributed by atoms with van der Waals surface area (Å²) >= 11 is 0. The SMILES string of the molecule is CC/C=C\C/C=C\C/C=C\C/C=C\C/C=C\C/C=C\CCC(N)=O. The number of amides is 1. The number of rotatable bonds is 14. The van der Waals surface area contributed by atoms with E-state index >= 15 is 0 Å². The summed E-state index contributed by atoms with van der Waals surface area (Å²) in [5.74, 6) is -0.241. The van der Waals surface area contributed by atoms with Gasteiger partial charge in [0.05, 0.1) is 0 Å². The van der Waals surface area contributed by atoms with Crippen LogP contribution >= 0.6 is 0 Å². The van der Waals surface area contributed by atoms with Crippen LogP contribution in [-0.2, 0) is 4.79 Å². The molecule has 0 aromatic carbocycles. The van der Waals surface area contributed by atoms with E-state index in [9.17, 15) is 4.79 Å². The normalized spacial score (nSPS) is 13.0. The van der Waals surface area contributed by atoms with Crippen LogP contribution in [0.2, 0.25) is 0 Å². The Bertz CT molecular complexity index is 464. The lowest BCUT2D eigenvalue weighted by Crippen LogP contribution is -2.08. The number of nitrogens with two attached hydrogens (primary N) is 1. The van der Waals surface area contributed by atoms with E-state index in [4.69, 9.17) is 5.73 Å². The first kappa shape index (κ1) is 21.9. The van der Waals surface area contributed by atoms with Gasteiger partial charge in [-0.3, -0.25) is 4.79 Å². The third-order valence-electron chi connectivity index (χ3n) is 3.15. The third-order valence-corrected chi connectivity index (χ3v) is 3.15. The van der Waals surface area contributed by atoms with Gasteiger partial charge in [-0.05, 0) is 44.9 Å². The maximum absolute atomic E-state index is 10.5. The van der Waals surface area contributed by atoms with Crippen molar-refractivity contribution in [3.05, 3.63) is 72.9 Å². The number of hydrogen-bond donors (Lipinski definition) is 1. The molecule has 0 saturated carbocycles. The first-order valence-corrected chi connectivity index (χ1v) is 8.95. The average Bonchev–Trinajstić information content (AvgIpc) is 2.56. The Morgan fingerprint density at radius 2 is 0.958 bits per heavy atom. The average molecular weight is 328 g/mol. The van der Waals surface area contributed by atoms with Gasteiger partial charge < -0.3 is 5.73 Å². The van der Waals surface area contributed by atoms with Crippen LogP contribution in [0.3, 0.4) is 0 Å². The smallest absolute Gasteiger partial charge is 0.217 e. The molecule has 24 heavy (non-hydrogen) atoms.